The summed E-state index contributed by atoms with van der Waals surface area (Å²) in [5.74, 6) is 0. The van der Waals surface area contributed by atoms with E-state index in [0.717, 1.165) is 22.1 Å². The van der Waals surface area contributed by atoms with Gasteiger partial charge in [-0.05, 0) is 19.2 Å². The highest BCUT2D eigenvalue weighted by molar-refractivity contribution is 7.14. The monoisotopic (exact) mass is 206 g/mol. The van der Waals surface area contributed by atoms with Crippen LogP contribution in [0.15, 0.2) is 24.5 Å². The molecule has 0 aliphatic carbocycles. The van der Waals surface area contributed by atoms with Gasteiger partial charge >= 0.3 is 0 Å². The van der Waals surface area contributed by atoms with E-state index in [0.29, 0.717) is 0 Å². The fourth-order valence-corrected chi connectivity index (χ4v) is 1.92. The molecule has 0 fully saturated rings. The zero-order valence-corrected chi connectivity index (χ0v) is 8.58. The summed E-state index contributed by atoms with van der Waals surface area (Å²) in [7, 11) is 1.89. The van der Waals surface area contributed by atoms with Crippen molar-refractivity contribution >= 4 is 11.3 Å². The lowest BCUT2D eigenvalue weighted by atomic mass is 10.3. The van der Waals surface area contributed by atoms with Gasteiger partial charge in [-0.15, -0.1) is 10.2 Å². The molecule has 0 aliphatic rings. The Morgan fingerprint density at radius 3 is 3.07 bits per heavy atom. The SMILES string of the molecule is CNCc1nnc(-c2cccnc2)s1. The molecule has 0 atom stereocenters. The van der Waals surface area contributed by atoms with Crippen molar-refractivity contribution < 1.29 is 0 Å². The number of aromatic nitrogens is 3. The Kier molecular flexibility index (Phi) is 2.81. The van der Waals surface area contributed by atoms with E-state index in [4.69, 9.17) is 0 Å². The van der Waals surface area contributed by atoms with E-state index in [-0.39, 0.29) is 0 Å². The summed E-state index contributed by atoms with van der Waals surface area (Å²) < 4.78 is 0. The normalized spacial score (nSPS) is 10.4. The minimum absolute atomic E-state index is 0.762. The van der Waals surface area contributed by atoms with E-state index < -0.39 is 0 Å². The first kappa shape index (κ1) is 9.23. The molecule has 0 bridgehead atoms. The van der Waals surface area contributed by atoms with Gasteiger partial charge in [-0.25, -0.2) is 0 Å². The molecule has 0 amide bonds. The number of nitrogens with one attached hydrogen (secondary N) is 1. The Morgan fingerprint density at radius 2 is 2.36 bits per heavy atom. The summed E-state index contributed by atoms with van der Waals surface area (Å²) in [5, 5.41) is 13.1. The quantitative estimate of drug-likeness (QED) is 0.823. The second-order valence-electron chi connectivity index (χ2n) is 2.77. The third kappa shape index (κ3) is 1.94. The highest BCUT2D eigenvalue weighted by atomic mass is 32.1. The number of nitrogens with zero attached hydrogens (tertiary/aromatic N) is 3. The number of rotatable bonds is 3. The maximum atomic E-state index is 4.09. The molecule has 0 spiro atoms. The molecule has 0 radical (unpaired) electrons. The van der Waals surface area contributed by atoms with Crippen LogP contribution < -0.4 is 5.32 Å². The average Bonchev–Trinajstić information content (AvgIpc) is 2.68. The lowest BCUT2D eigenvalue weighted by molar-refractivity contribution is 0.795. The largest absolute Gasteiger partial charge is 0.313 e. The second-order valence-corrected chi connectivity index (χ2v) is 3.84. The zero-order valence-electron chi connectivity index (χ0n) is 7.77. The maximum Gasteiger partial charge on any atom is 0.149 e. The van der Waals surface area contributed by atoms with Crippen LogP contribution in [0, 0.1) is 0 Å². The Morgan fingerprint density at radius 1 is 1.43 bits per heavy atom. The van der Waals surface area contributed by atoms with Gasteiger partial charge in [-0.3, -0.25) is 4.98 Å². The van der Waals surface area contributed by atoms with Gasteiger partial charge in [0.25, 0.3) is 0 Å². The van der Waals surface area contributed by atoms with Crippen molar-refractivity contribution in [1.82, 2.24) is 20.5 Å². The molecule has 0 aromatic carbocycles. The molecule has 0 unspecified atom stereocenters. The minimum atomic E-state index is 0.762. The number of hydrogen-bond acceptors (Lipinski definition) is 5. The Labute approximate surface area is 86.0 Å². The molecule has 0 aliphatic heterocycles. The third-order valence-corrected chi connectivity index (χ3v) is 2.68. The number of pyridine rings is 1. The van der Waals surface area contributed by atoms with Crippen molar-refractivity contribution in [3.05, 3.63) is 29.5 Å². The summed E-state index contributed by atoms with van der Waals surface area (Å²) in [4.78, 5) is 4.04. The fraction of sp³-hybridized carbons (Fsp3) is 0.222. The molecular formula is C9H10N4S. The molecule has 5 heteroatoms. The standard InChI is InChI=1S/C9H10N4S/c1-10-6-8-12-13-9(14-8)7-3-2-4-11-5-7/h2-5,10H,6H2,1H3. The molecule has 4 nitrogen and oxygen atoms in total. The van der Waals surface area contributed by atoms with Crippen LogP contribution in [-0.2, 0) is 6.54 Å². The molecular weight excluding hydrogens is 196 g/mol. The average molecular weight is 206 g/mol. The van der Waals surface area contributed by atoms with E-state index in [2.05, 4.69) is 20.5 Å². The van der Waals surface area contributed by atoms with Crippen molar-refractivity contribution in [3.8, 4) is 10.6 Å². The van der Waals surface area contributed by atoms with Crippen LogP contribution in [0.25, 0.3) is 10.6 Å². The Balaban J connectivity index is 2.25. The molecule has 14 heavy (non-hydrogen) atoms. The molecule has 2 aromatic heterocycles. The van der Waals surface area contributed by atoms with Crippen LogP contribution in [0.1, 0.15) is 5.01 Å². The summed E-state index contributed by atoms with van der Waals surface area (Å²) in [6.07, 6.45) is 3.54. The van der Waals surface area contributed by atoms with Crippen molar-refractivity contribution in [2.24, 2.45) is 0 Å². The van der Waals surface area contributed by atoms with Crippen LogP contribution >= 0.6 is 11.3 Å². The van der Waals surface area contributed by atoms with E-state index in [1.165, 1.54) is 0 Å². The highest BCUT2D eigenvalue weighted by Crippen LogP contribution is 2.21. The zero-order chi connectivity index (χ0) is 9.80. The highest BCUT2D eigenvalue weighted by Gasteiger charge is 2.04. The first-order valence-electron chi connectivity index (χ1n) is 4.27. The predicted molar refractivity (Wildman–Crippen MR) is 55.9 cm³/mol. The fourth-order valence-electron chi connectivity index (χ4n) is 1.08. The summed E-state index contributed by atoms with van der Waals surface area (Å²) in [6.45, 7) is 0.762. The van der Waals surface area contributed by atoms with E-state index >= 15 is 0 Å². The molecule has 2 aromatic rings. The minimum Gasteiger partial charge on any atom is -0.313 e. The first-order chi connectivity index (χ1) is 6.90. The van der Waals surface area contributed by atoms with Crippen LogP contribution in [-0.4, -0.2) is 22.2 Å². The van der Waals surface area contributed by atoms with E-state index in [1.54, 1.807) is 23.7 Å². The van der Waals surface area contributed by atoms with Crippen molar-refractivity contribution in [1.29, 1.82) is 0 Å². The smallest absolute Gasteiger partial charge is 0.149 e. The van der Waals surface area contributed by atoms with E-state index in [1.807, 2.05) is 19.2 Å². The van der Waals surface area contributed by atoms with Crippen LogP contribution in [0.2, 0.25) is 0 Å². The van der Waals surface area contributed by atoms with E-state index in [9.17, 15) is 0 Å². The van der Waals surface area contributed by atoms with Crippen molar-refractivity contribution in [3.63, 3.8) is 0 Å². The predicted octanol–water partition coefficient (Wildman–Crippen LogP) is 1.32. The Bertz CT molecular complexity index is 398. The summed E-state index contributed by atoms with van der Waals surface area (Å²) >= 11 is 1.59. The number of hydrogen-bond donors (Lipinski definition) is 1. The first-order valence-corrected chi connectivity index (χ1v) is 5.09. The van der Waals surface area contributed by atoms with Gasteiger partial charge in [0.1, 0.15) is 10.0 Å². The van der Waals surface area contributed by atoms with Crippen molar-refractivity contribution in [2.45, 2.75) is 6.54 Å². The summed E-state index contributed by atoms with van der Waals surface area (Å²) in [5.41, 5.74) is 1.02. The molecule has 2 rings (SSSR count). The van der Waals surface area contributed by atoms with Gasteiger partial charge < -0.3 is 5.32 Å². The van der Waals surface area contributed by atoms with Crippen molar-refractivity contribution in [2.75, 3.05) is 7.05 Å². The Hall–Kier alpha value is -1.33. The molecule has 72 valence electrons. The van der Waals surface area contributed by atoms with Crippen LogP contribution in [0.5, 0.6) is 0 Å². The van der Waals surface area contributed by atoms with Gasteiger partial charge in [0, 0.05) is 24.5 Å². The topological polar surface area (TPSA) is 50.7 Å². The third-order valence-electron chi connectivity index (χ3n) is 1.70. The van der Waals surface area contributed by atoms with Crippen LogP contribution in [0.3, 0.4) is 0 Å². The van der Waals surface area contributed by atoms with Gasteiger partial charge in [0.05, 0.1) is 0 Å². The second kappa shape index (κ2) is 4.26. The lowest BCUT2D eigenvalue weighted by Gasteiger charge is -1.91. The van der Waals surface area contributed by atoms with Gasteiger partial charge in [0.2, 0.25) is 0 Å². The lowest BCUT2D eigenvalue weighted by Crippen LogP contribution is -2.04. The van der Waals surface area contributed by atoms with Gasteiger partial charge in [-0.1, -0.05) is 11.3 Å². The molecule has 0 saturated heterocycles. The molecule has 2 heterocycles. The molecule has 0 saturated carbocycles. The molecule has 1 N–H and O–H groups in total. The summed E-state index contributed by atoms with van der Waals surface area (Å²) in [6, 6.07) is 3.88. The van der Waals surface area contributed by atoms with Gasteiger partial charge in [-0.2, -0.15) is 0 Å². The maximum absolute atomic E-state index is 4.09. The van der Waals surface area contributed by atoms with Gasteiger partial charge in [0.15, 0.2) is 0 Å². The van der Waals surface area contributed by atoms with Crippen LogP contribution in [0.4, 0.5) is 0 Å².